The molecule has 0 aromatic heterocycles. The van der Waals surface area contributed by atoms with E-state index >= 15 is 0 Å². The van der Waals surface area contributed by atoms with Crippen LogP contribution in [0.5, 0.6) is 0 Å². The van der Waals surface area contributed by atoms with Crippen LogP contribution in [0.1, 0.15) is 25.7 Å². The summed E-state index contributed by atoms with van der Waals surface area (Å²) in [4.78, 5) is 2.67. The van der Waals surface area contributed by atoms with Crippen molar-refractivity contribution in [2.45, 2.75) is 31.7 Å². The molecule has 0 saturated carbocycles. The third kappa shape index (κ3) is 1.74. The van der Waals surface area contributed by atoms with Crippen molar-refractivity contribution in [3.63, 3.8) is 0 Å². The van der Waals surface area contributed by atoms with Crippen LogP contribution in [-0.4, -0.2) is 37.1 Å². The Bertz CT molecular complexity index is 113. The lowest BCUT2D eigenvalue weighted by molar-refractivity contribution is 0.173. The monoisotopic (exact) mass is 154 g/mol. The zero-order valence-electron chi connectivity index (χ0n) is 7.18. The predicted molar refractivity (Wildman–Crippen MR) is 46.7 cm³/mol. The summed E-state index contributed by atoms with van der Waals surface area (Å²) in [6, 6.07) is 0.871. The van der Waals surface area contributed by atoms with Crippen molar-refractivity contribution in [3.05, 3.63) is 0 Å². The van der Waals surface area contributed by atoms with Crippen molar-refractivity contribution in [1.82, 2.24) is 10.2 Å². The van der Waals surface area contributed by atoms with Gasteiger partial charge in [0.25, 0.3) is 0 Å². The van der Waals surface area contributed by atoms with E-state index in [1.54, 1.807) is 0 Å². The highest BCUT2D eigenvalue weighted by Crippen LogP contribution is 2.15. The molecule has 1 N–H and O–H groups in total. The van der Waals surface area contributed by atoms with Crippen molar-refractivity contribution in [2.75, 3.05) is 26.2 Å². The zero-order chi connectivity index (χ0) is 7.52. The van der Waals surface area contributed by atoms with Gasteiger partial charge in [0.1, 0.15) is 0 Å². The predicted octanol–water partition coefficient (Wildman–Crippen LogP) is 0.834. The van der Waals surface area contributed by atoms with E-state index < -0.39 is 0 Å². The van der Waals surface area contributed by atoms with Crippen LogP contribution in [0.15, 0.2) is 0 Å². The fourth-order valence-corrected chi connectivity index (χ4v) is 2.23. The fourth-order valence-electron chi connectivity index (χ4n) is 2.23. The van der Waals surface area contributed by atoms with Gasteiger partial charge in [-0.2, -0.15) is 0 Å². The van der Waals surface area contributed by atoms with E-state index in [2.05, 4.69) is 10.2 Å². The molecule has 2 fully saturated rings. The summed E-state index contributed by atoms with van der Waals surface area (Å²) in [7, 11) is 0. The first-order chi connectivity index (χ1) is 5.47. The standard InChI is InChI=1S/C9H18N2/c1-2-6-11(7-3-1)9-4-5-10-8-9/h9-10H,1-8H2/t9-/m0/s1. The Morgan fingerprint density at radius 1 is 1.09 bits per heavy atom. The van der Waals surface area contributed by atoms with Gasteiger partial charge in [-0.3, -0.25) is 4.90 Å². The second-order valence-electron chi connectivity index (χ2n) is 3.74. The SMILES string of the molecule is C1CCN([C@H]2CCNC2)CC1. The first kappa shape index (κ1) is 7.56. The van der Waals surface area contributed by atoms with Gasteiger partial charge in [-0.05, 0) is 38.9 Å². The van der Waals surface area contributed by atoms with E-state index in [0.717, 1.165) is 6.04 Å². The average molecular weight is 154 g/mol. The van der Waals surface area contributed by atoms with Crippen LogP contribution in [0.25, 0.3) is 0 Å². The number of likely N-dealkylation sites (tertiary alicyclic amines) is 1. The zero-order valence-corrected chi connectivity index (χ0v) is 7.18. The first-order valence-electron chi connectivity index (χ1n) is 4.91. The van der Waals surface area contributed by atoms with E-state index in [-0.39, 0.29) is 0 Å². The third-order valence-electron chi connectivity index (χ3n) is 2.94. The van der Waals surface area contributed by atoms with Crippen molar-refractivity contribution in [2.24, 2.45) is 0 Å². The van der Waals surface area contributed by atoms with Gasteiger partial charge in [-0.1, -0.05) is 6.42 Å². The quantitative estimate of drug-likeness (QED) is 0.602. The smallest absolute Gasteiger partial charge is 0.0232 e. The highest BCUT2D eigenvalue weighted by molar-refractivity contribution is 4.81. The lowest BCUT2D eigenvalue weighted by atomic mass is 10.1. The molecule has 2 heteroatoms. The summed E-state index contributed by atoms with van der Waals surface area (Å²) in [5.41, 5.74) is 0. The minimum absolute atomic E-state index is 0.871. The number of hydrogen-bond donors (Lipinski definition) is 1. The third-order valence-corrected chi connectivity index (χ3v) is 2.94. The number of rotatable bonds is 1. The van der Waals surface area contributed by atoms with Crippen LogP contribution in [-0.2, 0) is 0 Å². The van der Waals surface area contributed by atoms with Gasteiger partial charge in [0, 0.05) is 12.6 Å². The van der Waals surface area contributed by atoms with Gasteiger partial charge in [0.05, 0.1) is 0 Å². The molecule has 2 nitrogen and oxygen atoms in total. The van der Waals surface area contributed by atoms with Crippen molar-refractivity contribution in [3.8, 4) is 0 Å². The lowest BCUT2D eigenvalue weighted by Gasteiger charge is -2.31. The molecule has 2 saturated heterocycles. The Morgan fingerprint density at radius 3 is 2.55 bits per heavy atom. The Morgan fingerprint density at radius 2 is 1.91 bits per heavy atom. The second kappa shape index (κ2) is 3.55. The van der Waals surface area contributed by atoms with E-state index in [0.29, 0.717) is 0 Å². The van der Waals surface area contributed by atoms with E-state index in [4.69, 9.17) is 0 Å². The van der Waals surface area contributed by atoms with E-state index in [1.807, 2.05) is 0 Å². The molecular weight excluding hydrogens is 136 g/mol. The molecule has 0 aliphatic carbocycles. The number of hydrogen-bond acceptors (Lipinski definition) is 2. The molecular formula is C9H18N2. The van der Waals surface area contributed by atoms with E-state index in [1.165, 1.54) is 51.9 Å². The largest absolute Gasteiger partial charge is 0.315 e. The van der Waals surface area contributed by atoms with Crippen LogP contribution in [0.2, 0.25) is 0 Å². The summed E-state index contributed by atoms with van der Waals surface area (Å²) in [6.45, 7) is 5.18. The van der Waals surface area contributed by atoms with Gasteiger partial charge in [-0.15, -0.1) is 0 Å². The molecule has 1 atom stereocenters. The summed E-state index contributed by atoms with van der Waals surface area (Å²) in [5.74, 6) is 0. The molecule has 0 amide bonds. The maximum Gasteiger partial charge on any atom is 0.0232 e. The molecule has 11 heavy (non-hydrogen) atoms. The molecule has 0 unspecified atom stereocenters. The fraction of sp³-hybridized carbons (Fsp3) is 1.00. The molecule has 0 spiro atoms. The number of nitrogens with one attached hydrogen (secondary N) is 1. The van der Waals surface area contributed by atoms with Crippen LogP contribution < -0.4 is 5.32 Å². The Kier molecular flexibility index (Phi) is 2.44. The van der Waals surface area contributed by atoms with Crippen LogP contribution in [0.4, 0.5) is 0 Å². The molecule has 2 aliphatic heterocycles. The van der Waals surface area contributed by atoms with Gasteiger partial charge in [0.2, 0.25) is 0 Å². The Labute approximate surface area is 69.0 Å². The molecule has 2 rings (SSSR count). The van der Waals surface area contributed by atoms with Gasteiger partial charge < -0.3 is 5.32 Å². The lowest BCUT2D eigenvalue weighted by Crippen LogP contribution is -2.40. The molecule has 0 aromatic rings. The topological polar surface area (TPSA) is 15.3 Å². The van der Waals surface area contributed by atoms with Crippen molar-refractivity contribution in [1.29, 1.82) is 0 Å². The highest BCUT2D eigenvalue weighted by Gasteiger charge is 2.22. The van der Waals surface area contributed by atoms with Gasteiger partial charge in [-0.25, -0.2) is 0 Å². The molecule has 64 valence electrons. The second-order valence-corrected chi connectivity index (χ2v) is 3.74. The van der Waals surface area contributed by atoms with Crippen molar-refractivity contribution >= 4 is 0 Å². The van der Waals surface area contributed by atoms with Crippen molar-refractivity contribution < 1.29 is 0 Å². The first-order valence-corrected chi connectivity index (χ1v) is 4.91. The number of nitrogens with zero attached hydrogens (tertiary/aromatic N) is 1. The van der Waals surface area contributed by atoms with E-state index in [9.17, 15) is 0 Å². The maximum atomic E-state index is 3.43. The van der Waals surface area contributed by atoms with Gasteiger partial charge in [0.15, 0.2) is 0 Å². The van der Waals surface area contributed by atoms with Crippen LogP contribution in [0, 0.1) is 0 Å². The van der Waals surface area contributed by atoms with Gasteiger partial charge >= 0.3 is 0 Å². The summed E-state index contributed by atoms with van der Waals surface area (Å²) in [5, 5.41) is 3.43. The molecule has 0 aromatic carbocycles. The number of piperidine rings is 1. The summed E-state index contributed by atoms with van der Waals surface area (Å²) in [6.07, 6.45) is 5.68. The minimum atomic E-state index is 0.871. The average Bonchev–Trinajstić information content (AvgIpc) is 2.58. The molecule has 2 aliphatic rings. The summed E-state index contributed by atoms with van der Waals surface area (Å²) >= 11 is 0. The van der Waals surface area contributed by atoms with Crippen LogP contribution in [0.3, 0.4) is 0 Å². The normalized spacial score (nSPS) is 34.4. The summed E-state index contributed by atoms with van der Waals surface area (Å²) < 4.78 is 0. The Balaban J connectivity index is 1.82. The molecule has 0 radical (unpaired) electrons. The molecule has 2 heterocycles. The Hall–Kier alpha value is -0.0800. The molecule has 0 bridgehead atoms. The highest BCUT2D eigenvalue weighted by atomic mass is 15.2. The van der Waals surface area contributed by atoms with Crippen LogP contribution >= 0.6 is 0 Å². The maximum absolute atomic E-state index is 3.43. The minimum Gasteiger partial charge on any atom is -0.315 e.